The van der Waals surface area contributed by atoms with Crippen molar-refractivity contribution < 1.29 is 19.0 Å². The average Bonchev–Trinajstić information content (AvgIpc) is 2.74. The number of piperidine rings is 1. The number of rotatable bonds is 5. The van der Waals surface area contributed by atoms with Crippen LogP contribution in [0.25, 0.3) is 5.31 Å². The van der Waals surface area contributed by atoms with Crippen LogP contribution in [-0.2, 0) is 9.53 Å². The number of benzene rings is 1. The van der Waals surface area contributed by atoms with E-state index in [1.54, 1.807) is 25.2 Å². The number of amides is 1. The third-order valence-electron chi connectivity index (χ3n) is 5.12. The number of nitrogens with zero attached hydrogens (tertiary/aromatic N) is 1. The van der Waals surface area contributed by atoms with Crippen molar-refractivity contribution >= 4 is 19.8 Å². The Morgan fingerprint density at radius 2 is 1.93 bits per heavy atom. The van der Waals surface area contributed by atoms with Crippen molar-refractivity contribution in [3.8, 4) is 11.5 Å². The van der Waals surface area contributed by atoms with E-state index in [-0.39, 0.29) is 17.8 Å². The Bertz CT molecular complexity index is 843. The lowest BCUT2D eigenvalue weighted by Gasteiger charge is -2.34. The summed E-state index contributed by atoms with van der Waals surface area (Å²) in [6.07, 6.45) is 9.84. The number of ether oxygens (including phenoxy) is 3. The molecule has 6 nitrogen and oxygen atoms in total. The van der Waals surface area contributed by atoms with Crippen LogP contribution in [0.15, 0.2) is 48.4 Å². The fraction of sp³-hybridized carbons (Fsp3) is 0.381. The van der Waals surface area contributed by atoms with E-state index < -0.39 is 0 Å². The largest absolute Gasteiger partial charge is 0.493 e. The van der Waals surface area contributed by atoms with Gasteiger partial charge >= 0.3 is 0 Å². The molecule has 1 aromatic carbocycles. The summed E-state index contributed by atoms with van der Waals surface area (Å²) in [5.74, 6) is 2.12. The molecule has 3 heterocycles. The number of carbonyl (C=O) groups excluding carboxylic acids is 1. The van der Waals surface area contributed by atoms with Crippen LogP contribution in [-0.4, -0.2) is 50.0 Å². The van der Waals surface area contributed by atoms with Crippen LogP contribution in [0.3, 0.4) is 0 Å². The smallest absolute Gasteiger partial charge is 0.252 e. The van der Waals surface area contributed by atoms with Crippen LogP contribution >= 0.6 is 8.58 Å². The summed E-state index contributed by atoms with van der Waals surface area (Å²) in [7, 11) is 3.68. The maximum absolute atomic E-state index is 12.8. The highest BCUT2D eigenvalue weighted by Gasteiger charge is 2.29. The van der Waals surface area contributed by atoms with Crippen molar-refractivity contribution in [1.29, 1.82) is 0 Å². The quantitative estimate of drug-likeness (QED) is 0.770. The maximum atomic E-state index is 12.8. The van der Waals surface area contributed by atoms with Crippen LogP contribution in [0.1, 0.15) is 18.4 Å². The molecule has 1 saturated heterocycles. The summed E-state index contributed by atoms with van der Waals surface area (Å²) in [5, 5.41) is 4.36. The van der Waals surface area contributed by atoms with Gasteiger partial charge < -0.3 is 24.4 Å². The van der Waals surface area contributed by atoms with Gasteiger partial charge in [0.25, 0.3) is 5.91 Å². The average molecular weight is 400 g/mol. The first-order chi connectivity index (χ1) is 13.7. The first-order valence-electron chi connectivity index (χ1n) is 9.48. The maximum Gasteiger partial charge on any atom is 0.252 e. The van der Waals surface area contributed by atoms with E-state index in [2.05, 4.69) is 11.4 Å². The van der Waals surface area contributed by atoms with E-state index in [0.717, 1.165) is 42.6 Å². The Hall–Kier alpha value is -2.30. The normalized spacial score (nSPS) is 23.1. The third-order valence-corrected chi connectivity index (χ3v) is 6.63. The second kappa shape index (κ2) is 8.38. The summed E-state index contributed by atoms with van der Waals surface area (Å²) in [4.78, 5) is 14.6. The summed E-state index contributed by atoms with van der Waals surface area (Å²) < 4.78 is 16.8. The van der Waals surface area contributed by atoms with Crippen molar-refractivity contribution in [2.24, 2.45) is 0 Å². The number of nitrogens with one attached hydrogen (secondary N) is 1. The predicted octanol–water partition coefficient (Wildman–Crippen LogP) is 3.07. The van der Waals surface area contributed by atoms with E-state index in [1.165, 1.54) is 0 Å². The Labute approximate surface area is 167 Å². The van der Waals surface area contributed by atoms with Gasteiger partial charge in [-0.25, -0.2) is 0 Å². The summed E-state index contributed by atoms with van der Waals surface area (Å²) in [6, 6.07) is 5.77. The summed E-state index contributed by atoms with van der Waals surface area (Å²) in [5.41, 5.74) is 0.984. The zero-order valence-electron chi connectivity index (χ0n) is 16.1. The highest BCUT2D eigenvalue weighted by Crippen LogP contribution is 2.46. The fourth-order valence-corrected chi connectivity index (χ4v) is 4.98. The number of methoxy groups -OCH3 is 2. The van der Waals surface area contributed by atoms with Gasteiger partial charge in [0, 0.05) is 6.08 Å². The highest BCUT2D eigenvalue weighted by atomic mass is 31.1. The lowest BCUT2D eigenvalue weighted by molar-refractivity contribution is -0.124. The van der Waals surface area contributed by atoms with Crippen molar-refractivity contribution in [1.82, 2.24) is 10.2 Å². The van der Waals surface area contributed by atoms with Crippen molar-refractivity contribution in [2.45, 2.75) is 24.7 Å². The van der Waals surface area contributed by atoms with E-state index >= 15 is 0 Å². The molecule has 0 aromatic heterocycles. The second-order valence-electron chi connectivity index (χ2n) is 6.92. The molecule has 1 aromatic rings. The van der Waals surface area contributed by atoms with Gasteiger partial charge in [-0.05, 0) is 55.0 Å². The monoisotopic (exact) mass is 400 g/mol. The predicted molar refractivity (Wildman–Crippen MR) is 111 cm³/mol. The number of carbonyl (C=O) groups is 1. The van der Waals surface area contributed by atoms with Crippen LogP contribution in [0.2, 0.25) is 0 Å². The van der Waals surface area contributed by atoms with Gasteiger partial charge in [-0.15, -0.1) is 0 Å². The molecule has 4 rings (SSSR count). The molecule has 0 radical (unpaired) electrons. The molecule has 0 spiro atoms. The molecule has 0 aliphatic carbocycles. The molecule has 1 N–H and O–H groups in total. The van der Waals surface area contributed by atoms with E-state index in [0.29, 0.717) is 20.1 Å². The number of allylic oxidation sites excluding steroid dienone is 1. The van der Waals surface area contributed by atoms with Crippen molar-refractivity contribution in [3.63, 3.8) is 0 Å². The molecule has 148 valence electrons. The Balaban J connectivity index is 1.52. The molecule has 1 fully saturated rings. The first-order valence-corrected chi connectivity index (χ1v) is 10.6. The number of hydrogen-bond donors (Lipinski definition) is 1. The second-order valence-corrected chi connectivity index (χ2v) is 8.34. The zero-order chi connectivity index (χ0) is 19.5. The molecule has 2 atom stereocenters. The van der Waals surface area contributed by atoms with Crippen LogP contribution in [0.4, 0.5) is 0 Å². The molecular formula is C21H25N2O4P. The molecule has 0 bridgehead atoms. The lowest BCUT2D eigenvalue weighted by Crippen LogP contribution is -2.37. The van der Waals surface area contributed by atoms with Gasteiger partial charge in [-0.3, -0.25) is 4.79 Å². The van der Waals surface area contributed by atoms with Gasteiger partial charge in [-0.1, -0.05) is 20.7 Å². The van der Waals surface area contributed by atoms with Crippen LogP contribution in [0.5, 0.6) is 11.5 Å². The Morgan fingerprint density at radius 1 is 1.14 bits per heavy atom. The minimum absolute atomic E-state index is 0.0238. The minimum atomic E-state index is -0.0238. The molecule has 0 saturated carbocycles. The number of hydrogen-bond acceptors (Lipinski definition) is 5. The summed E-state index contributed by atoms with van der Waals surface area (Å²) >= 11 is 0. The number of fused-ring (bicyclic) bond motifs is 1. The summed E-state index contributed by atoms with van der Waals surface area (Å²) in [6.45, 7) is 1.96. The van der Waals surface area contributed by atoms with Gasteiger partial charge in [0.05, 0.1) is 26.2 Å². The molecule has 28 heavy (non-hydrogen) atoms. The molecule has 3 aliphatic rings. The zero-order valence-corrected chi connectivity index (χ0v) is 17.1. The Morgan fingerprint density at radius 3 is 2.68 bits per heavy atom. The van der Waals surface area contributed by atoms with E-state index in [9.17, 15) is 4.79 Å². The lowest BCUT2D eigenvalue weighted by atomic mass is 10.1. The molecule has 1 amide bonds. The van der Waals surface area contributed by atoms with Crippen molar-refractivity contribution in [3.05, 3.63) is 53.9 Å². The molecule has 2 unspecified atom stereocenters. The van der Waals surface area contributed by atoms with Gasteiger partial charge in [-0.2, -0.15) is 0 Å². The van der Waals surface area contributed by atoms with Gasteiger partial charge in [0.1, 0.15) is 11.9 Å². The third kappa shape index (κ3) is 3.94. The van der Waals surface area contributed by atoms with E-state index in [1.807, 2.05) is 30.5 Å². The highest BCUT2D eigenvalue weighted by molar-refractivity contribution is 7.51. The standard InChI is InChI=1S/C21H25N2O4P/c1-25-17-5-3-14(11-18(17)26-2)19-12-20(24)23-13-16(4-6-21(23)28-19)27-15-7-9-22-10-8-15/h3-6,11-13,15,21-22,28H,7-10H2,1-2H3. The fourth-order valence-electron chi connectivity index (χ4n) is 3.60. The SMILES string of the molecule is COc1ccc(C2=CC(=O)N3C=C(OC4CCNCC4)C=CC3P2)cc1OC. The van der Waals surface area contributed by atoms with Crippen molar-refractivity contribution in [2.75, 3.05) is 27.3 Å². The first kappa shape index (κ1) is 19.0. The van der Waals surface area contributed by atoms with Crippen LogP contribution in [0, 0.1) is 0 Å². The van der Waals surface area contributed by atoms with E-state index in [4.69, 9.17) is 14.2 Å². The van der Waals surface area contributed by atoms with Gasteiger partial charge in [0.15, 0.2) is 11.5 Å². The topological polar surface area (TPSA) is 60.0 Å². The molecule has 7 heteroatoms. The molecular weight excluding hydrogens is 375 g/mol. The molecule has 3 aliphatic heterocycles. The minimum Gasteiger partial charge on any atom is -0.493 e. The Kier molecular flexibility index (Phi) is 5.69. The van der Waals surface area contributed by atoms with Gasteiger partial charge in [0.2, 0.25) is 0 Å². The van der Waals surface area contributed by atoms with Crippen LogP contribution < -0.4 is 14.8 Å².